The van der Waals surface area contributed by atoms with Crippen molar-refractivity contribution in [3.05, 3.63) is 0 Å². The van der Waals surface area contributed by atoms with Gasteiger partial charge in [0.25, 0.3) is 0 Å². The Morgan fingerprint density at radius 3 is 2.67 bits per heavy atom. The molecule has 1 saturated heterocycles. The van der Waals surface area contributed by atoms with Gasteiger partial charge in [-0.15, -0.1) is 0 Å². The molecule has 3 heteroatoms. The van der Waals surface area contributed by atoms with Crippen molar-refractivity contribution in [3.8, 4) is 0 Å². The van der Waals surface area contributed by atoms with Gasteiger partial charge in [-0.2, -0.15) is 0 Å². The largest absolute Gasteiger partial charge is 0.317 e. The van der Waals surface area contributed by atoms with Gasteiger partial charge in [-0.3, -0.25) is 4.72 Å². The summed E-state index contributed by atoms with van der Waals surface area (Å²) in [5.74, 6) is 0. The molecule has 0 radical (unpaired) electrons. The lowest BCUT2D eigenvalue weighted by Gasteiger charge is -2.22. The molecular formula is C6H14N2S. The summed E-state index contributed by atoms with van der Waals surface area (Å²) in [6.07, 6.45) is 4.64. The van der Waals surface area contributed by atoms with Crippen molar-refractivity contribution in [1.29, 1.82) is 0 Å². The van der Waals surface area contributed by atoms with Gasteiger partial charge >= 0.3 is 0 Å². The molecule has 1 aliphatic heterocycles. The summed E-state index contributed by atoms with van der Waals surface area (Å²) >= 11 is 1.73. The van der Waals surface area contributed by atoms with Crippen LogP contribution >= 0.6 is 11.9 Å². The molecule has 0 saturated carbocycles. The monoisotopic (exact) mass is 146 g/mol. The first-order chi connectivity index (χ1) is 4.43. The molecule has 0 aliphatic carbocycles. The van der Waals surface area contributed by atoms with Crippen LogP contribution in [0, 0.1) is 0 Å². The minimum absolute atomic E-state index is 0.751. The summed E-state index contributed by atoms with van der Waals surface area (Å²) in [6.45, 7) is 2.36. The van der Waals surface area contributed by atoms with Crippen LogP contribution in [0.5, 0.6) is 0 Å². The van der Waals surface area contributed by atoms with Gasteiger partial charge in [0.05, 0.1) is 0 Å². The normalized spacial score (nSPS) is 22.3. The molecule has 0 unspecified atom stereocenters. The van der Waals surface area contributed by atoms with Crippen molar-refractivity contribution < 1.29 is 0 Å². The minimum Gasteiger partial charge on any atom is -0.317 e. The molecule has 1 fully saturated rings. The van der Waals surface area contributed by atoms with Crippen molar-refractivity contribution in [2.45, 2.75) is 18.9 Å². The Labute approximate surface area is 60.9 Å². The molecule has 1 rings (SSSR count). The Hall–Kier alpha value is 0.270. The number of hydrogen-bond acceptors (Lipinski definition) is 3. The van der Waals surface area contributed by atoms with E-state index in [1.807, 2.05) is 0 Å². The van der Waals surface area contributed by atoms with Gasteiger partial charge in [-0.1, -0.05) is 11.9 Å². The van der Waals surface area contributed by atoms with Crippen LogP contribution in [0.4, 0.5) is 0 Å². The Bertz CT molecular complexity index is 68.7. The molecule has 0 atom stereocenters. The molecule has 2 nitrogen and oxygen atoms in total. The van der Waals surface area contributed by atoms with Crippen molar-refractivity contribution in [2.24, 2.45) is 0 Å². The number of hydrogen-bond donors (Lipinski definition) is 2. The second kappa shape index (κ2) is 4.14. The van der Waals surface area contributed by atoms with E-state index in [4.69, 9.17) is 0 Å². The smallest absolute Gasteiger partial charge is 0.0195 e. The molecule has 54 valence electrons. The maximum atomic E-state index is 3.36. The van der Waals surface area contributed by atoms with E-state index in [1.54, 1.807) is 11.9 Å². The summed E-state index contributed by atoms with van der Waals surface area (Å²) < 4.78 is 3.36. The zero-order valence-corrected chi connectivity index (χ0v) is 6.63. The second-order valence-corrected chi connectivity index (χ2v) is 2.99. The maximum absolute atomic E-state index is 3.36. The quantitative estimate of drug-likeness (QED) is 0.558. The molecule has 0 bridgehead atoms. The standard InChI is InChI=1S/C6H14N2S/c1-9-8-6-2-4-7-5-3-6/h6-8H,2-5H2,1H3. The van der Waals surface area contributed by atoms with E-state index < -0.39 is 0 Å². The van der Waals surface area contributed by atoms with E-state index in [1.165, 1.54) is 25.9 Å². The van der Waals surface area contributed by atoms with Crippen molar-refractivity contribution in [3.63, 3.8) is 0 Å². The predicted molar refractivity (Wildman–Crippen MR) is 42.5 cm³/mol. The summed E-state index contributed by atoms with van der Waals surface area (Å²) in [7, 11) is 0. The highest BCUT2D eigenvalue weighted by Crippen LogP contribution is 2.04. The molecule has 0 amide bonds. The summed E-state index contributed by atoms with van der Waals surface area (Å²) in [5, 5.41) is 3.32. The van der Waals surface area contributed by atoms with Crippen LogP contribution in [0.15, 0.2) is 0 Å². The van der Waals surface area contributed by atoms with Crippen LogP contribution < -0.4 is 10.0 Å². The van der Waals surface area contributed by atoms with Gasteiger partial charge in [-0.05, 0) is 32.2 Å². The summed E-state index contributed by atoms with van der Waals surface area (Å²) in [5.41, 5.74) is 0. The van der Waals surface area contributed by atoms with Crippen LogP contribution in [0.1, 0.15) is 12.8 Å². The first kappa shape index (κ1) is 7.38. The number of piperidine rings is 1. The highest BCUT2D eigenvalue weighted by molar-refractivity contribution is 7.96. The molecule has 9 heavy (non-hydrogen) atoms. The van der Waals surface area contributed by atoms with E-state index in [2.05, 4.69) is 16.3 Å². The molecule has 0 aromatic rings. The van der Waals surface area contributed by atoms with Crippen LogP contribution in [-0.2, 0) is 0 Å². The van der Waals surface area contributed by atoms with E-state index >= 15 is 0 Å². The van der Waals surface area contributed by atoms with Crippen LogP contribution in [0.3, 0.4) is 0 Å². The molecule has 0 aromatic carbocycles. The number of rotatable bonds is 2. The van der Waals surface area contributed by atoms with Crippen molar-refractivity contribution in [1.82, 2.24) is 10.0 Å². The van der Waals surface area contributed by atoms with Gasteiger partial charge in [-0.25, -0.2) is 0 Å². The Morgan fingerprint density at radius 1 is 1.44 bits per heavy atom. The van der Waals surface area contributed by atoms with Gasteiger partial charge in [0.1, 0.15) is 0 Å². The SMILES string of the molecule is CSNC1CCNCC1. The minimum atomic E-state index is 0.751. The van der Waals surface area contributed by atoms with Gasteiger partial charge in [0, 0.05) is 6.04 Å². The second-order valence-electron chi connectivity index (χ2n) is 2.35. The molecule has 2 N–H and O–H groups in total. The third kappa shape index (κ3) is 2.56. The fourth-order valence-electron chi connectivity index (χ4n) is 1.11. The lowest BCUT2D eigenvalue weighted by atomic mass is 10.1. The summed E-state index contributed by atoms with van der Waals surface area (Å²) in [6, 6.07) is 0.751. The fraction of sp³-hybridized carbons (Fsp3) is 1.00. The van der Waals surface area contributed by atoms with Gasteiger partial charge < -0.3 is 5.32 Å². The molecule has 1 heterocycles. The Kier molecular flexibility index (Phi) is 3.40. The van der Waals surface area contributed by atoms with E-state index in [-0.39, 0.29) is 0 Å². The van der Waals surface area contributed by atoms with Crippen LogP contribution in [0.2, 0.25) is 0 Å². The third-order valence-electron chi connectivity index (χ3n) is 1.62. The van der Waals surface area contributed by atoms with Crippen LogP contribution in [0.25, 0.3) is 0 Å². The van der Waals surface area contributed by atoms with E-state index in [0.29, 0.717) is 0 Å². The highest BCUT2D eigenvalue weighted by atomic mass is 32.2. The van der Waals surface area contributed by atoms with E-state index in [0.717, 1.165) is 6.04 Å². The van der Waals surface area contributed by atoms with Gasteiger partial charge in [0.2, 0.25) is 0 Å². The lowest BCUT2D eigenvalue weighted by molar-refractivity contribution is 0.440. The molecular weight excluding hydrogens is 132 g/mol. The van der Waals surface area contributed by atoms with Gasteiger partial charge in [0.15, 0.2) is 0 Å². The fourth-order valence-corrected chi connectivity index (χ4v) is 1.68. The highest BCUT2D eigenvalue weighted by Gasteiger charge is 2.10. The Morgan fingerprint density at radius 2 is 2.11 bits per heavy atom. The zero-order chi connectivity index (χ0) is 6.53. The topological polar surface area (TPSA) is 24.1 Å². The zero-order valence-electron chi connectivity index (χ0n) is 5.81. The lowest BCUT2D eigenvalue weighted by Crippen LogP contribution is -2.36. The van der Waals surface area contributed by atoms with Crippen molar-refractivity contribution in [2.75, 3.05) is 19.3 Å². The third-order valence-corrected chi connectivity index (χ3v) is 2.19. The summed E-state index contributed by atoms with van der Waals surface area (Å²) in [4.78, 5) is 0. The van der Waals surface area contributed by atoms with Crippen molar-refractivity contribution >= 4 is 11.9 Å². The average Bonchev–Trinajstić information content (AvgIpc) is 1.91. The number of nitrogens with one attached hydrogen (secondary N) is 2. The molecule has 0 aromatic heterocycles. The Balaban J connectivity index is 2.08. The molecule has 1 aliphatic rings. The first-order valence-electron chi connectivity index (χ1n) is 3.42. The molecule has 0 spiro atoms. The average molecular weight is 146 g/mol. The van der Waals surface area contributed by atoms with E-state index in [9.17, 15) is 0 Å². The first-order valence-corrected chi connectivity index (χ1v) is 4.65. The van der Waals surface area contributed by atoms with Crippen LogP contribution in [-0.4, -0.2) is 25.4 Å². The maximum Gasteiger partial charge on any atom is 0.0195 e. The predicted octanol–water partition coefficient (Wildman–Crippen LogP) is 0.606.